The van der Waals surface area contributed by atoms with Crippen molar-refractivity contribution in [3.63, 3.8) is 0 Å². The summed E-state index contributed by atoms with van der Waals surface area (Å²) in [6, 6.07) is 10.4. The van der Waals surface area contributed by atoms with E-state index in [1.807, 2.05) is 13.8 Å². The molecule has 8 nitrogen and oxygen atoms in total. The minimum Gasteiger partial charge on any atom is -0.497 e. The first-order valence-corrected chi connectivity index (χ1v) is 14.1. The van der Waals surface area contributed by atoms with Gasteiger partial charge in [0.1, 0.15) is 18.3 Å². The minimum absolute atomic E-state index is 0.0643. The normalized spacial score (nSPS) is 12.2. The Morgan fingerprint density at radius 2 is 1.64 bits per heavy atom. The monoisotopic (exact) mass is 557 g/mol. The lowest BCUT2D eigenvalue weighted by atomic mass is 10.1. The van der Waals surface area contributed by atoms with Crippen LogP contribution in [0.25, 0.3) is 0 Å². The van der Waals surface area contributed by atoms with E-state index in [9.17, 15) is 18.0 Å². The molecule has 36 heavy (non-hydrogen) atoms. The molecule has 0 saturated heterocycles. The number of carbonyl (C=O) groups excluding carboxylic acids is 2. The number of sulfonamides is 1. The first kappa shape index (κ1) is 29.7. The van der Waals surface area contributed by atoms with E-state index in [4.69, 9.17) is 27.9 Å². The zero-order valence-corrected chi connectivity index (χ0v) is 23.5. The molecule has 0 aliphatic rings. The van der Waals surface area contributed by atoms with Gasteiger partial charge in [-0.15, -0.1) is 0 Å². The Bertz CT molecular complexity index is 1140. The summed E-state index contributed by atoms with van der Waals surface area (Å²) >= 11 is 12.7. The van der Waals surface area contributed by atoms with Gasteiger partial charge in [0.25, 0.3) is 0 Å². The third-order valence-electron chi connectivity index (χ3n) is 5.50. The van der Waals surface area contributed by atoms with Gasteiger partial charge in [0.2, 0.25) is 21.8 Å². The predicted octanol–water partition coefficient (Wildman–Crippen LogP) is 4.35. The highest BCUT2D eigenvalue weighted by Gasteiger charge is 2.32. The average molecular weight is 559 g/mol. The molecule has 1 N–H and O–H groups in total. The van der Waals surface area contributed by atoms with E-state index in [0.717, 1.165) is 10.6 Å². The Morgan fingerprint density at radius 3 is 2.11 bits per heavy atom. The van der Waals surface area contributed by atoms with Gasteiger partial charge in [-0.05, 0) is 48.7 Å². The van der Waals surface area contributed by atoms with Crippen molar-refractivity contribution in [3.8, 4) is 5.75 Å². The second-order valence-corrected chi connectivity index (χ2v) is 11.5. The molecule has 0 saturated carbocycles. The molecule has 0 radical (unpaired) electrons. The summed E-state index contributed by atoms with van der Waals surface area (Å²) in [5.74, 6) is -0.150. The molecular formula is C25H33Cl2N3O5S. The number of nitrogens with one attached hydrogen (secondary N) is 1. The molecule has 0 fully saturated rings. The van der Waals surface area contributed by atoms with Crippen LogP contribution in [0.2, 0.25) is 10.0 Å². The summed E-state index contributed by atoms with van der Waals surface area (Å²) in [5.41, 5.74) is 0.763. The van der Waals surface area contributed by atoms with Crippen LogP contribution >= 0.6 is 23.2 Å². The Labute approximate surface area is 223 Å². The number of hydrogen-bond acceptors (Lipinski definition) is 5. The number of ether oxygens (including phenoxy) is 1. The van der Waals surface area contributed by atoms with Crippen molar-refractivity contribution in [2.24, 2.45) is 5.92 Å². The summed E-state index contributed by atoms with van der Waals surface area (Å²) in [6.45, 7) is 5.57. The van der Waals surface area contributed by atoms with Crippen molar-refractivity contribution in [1.82, 2.24) is 10.2 Å². The van der Waals surface area contributed by atoms with Gasteiger partial charge in [-0.25, -0.2) is 8.42 Å². The van der Waals surface area contributed by atoms with E-state index < -0.39 is 28.5 Å². The second kappa shape index (κ2) is 13.2. The van der Waals surface area contributed by atoms with E-state index in [0.29, 0.717) is 40.0 Å². The Balaban J connectivity index is 2.47. The second-order valence-electron chi connectivity index (χ2n) is 8.75. The SMILES string of the molecule is CCC(C(=O)NCC(C)C)N(Cc1c(Cl)cccc1Cl)C(=O)CN(c1ccc(OC)cc1)S(C)(=O)=O. The Morgan fingerprint density at radius 1 is 1.06 bits per heavy atom. The molecule has 0 bridgehead atoms. The summed E-state index contributed by atoms with van der Waals surface area (Å²) < 4.78 is 31.5. The van der Waals surface area contributed by atoms with Gasteiger partial charge in [-0.1, -0.05) is 50.0 Å². The van der Waals surface area contributed by atoms with Crippen LogP contribution in [0.1, 0.15) is 32.8 Å². The van der Waals surface area contributed by atoms with Crippen molar-refractivity contribution < 1.29 is 22.7 Å². The number of halogens is 2. The van der Waals surface area contributed by atoms with Gasteiger partial charge >= 0.3 is 0 Å². The number of nitrogens with zero attached hydrogens (tertiary/aromatic N) is 2. The van der Waals surface area contributed by atoms with Crippen molar-refractivity contribution in [2.75, 3.05) is 30.8 Å². The molecule has 0 aliphatic carbocycles. The molecule has 2 aromatic carbocycles. The molecular weight excluding hydrogens is 525 g/mol. The lowest BCUT2D eigenvalue weighted by Gasteiger charge is -2.33. The van der Waals surface area contributed by atoms with Crippen LogP contribution in [0.5, 0.6) is 5.75 Å². The van der Waals surface area contributed by atoms with Gasteiger partial charge in [0, 0.05) is 28.7 Å². The smallest absolute Gasteiger partial charge is 0.244 e. The van der Waals surface area contributed by atoms with E-state index in [1.165, 1.54) is 12.0 Å². The van der Waals surface area contributed by atoms with Crippen LogP contribution in [-0.2, 0) is 26.2 Å². The summed E-state index contributed by atoms with van der Waals surface area (Å²) in [4.78, 5) is 28.1. The maximum atomic E-state index is 13.7. The van der Waals surface area contributed by atoms with E-state index in [2.05, 4.69) is 5.32 Å². The van der Waals surface area contributed by atoms with Crippen LogP contribution in [0.3, 0.4) is 0 Å². The van der Waals surface area contributed by atoms with E-state index in [1.54, 1.807) is 49.4 Å². The van der Waals surface area contributed by atoms with Gasteiger partial charge in [-0.3, -0.25) is 13.9 Å². The minimum atomic E-state index is -3.84. The molecule has 0 spiro atoms. The van der Waals surface area contributed by atoms with Gasteiger partial charge < -0.3 is 15.0 Å². The number of anilines is 1. The van der Waals surface area contributed by atoms with Crippen molar-refractivity contribution in [1.29, 1.82) is 0 Å². The number of carbonyl (C=O) groups is 2. The highest BCUT2D eigenvalue weighted by atomic mass is 35.5. The van der Waals surface area contributed by atoms with Gasteiger partial charge in [0.05, 0.1) is 19.1 Å². The number of benzene rings is 2. The summed E-state index contributed by atoms with van der Waals surface area (Å²) in [6.07, 6.45) is 1.32. The molecule has 2 rings (SSSR count). The lowest BCUT2D eigenvalue weighted by Crippen LogP contribution is -2.52. The molecule has 1 unspecified atom stereocenters. The van der Waals surface area contributed by atoms with Crippen LogP contribution in [0.4, 0.5) is 5.69 Å². The molecule has 11 heteroatoms. The topological polar surface area (TPSA) is 96.0 Å². The standard InChI is InChI=1S/C25H33Cl2N3O5S/c1-6-23(25(32)28-14-17(2)3)29(15-20-21(26)8-7-9-22(20)27)24(31)16-30(36(5,33)34)18-10-12-19(35-4)13-11-18/h7-13,17,23H,6,14-16H2,1-5H3,(H,28,32). The first-order chi connectivity index (χ1) is 16.9. The highest BCUT2D eigenvalue weighted by molar-refractivity contribution is 7.92. The third-order valence-corrected chi connectivity index (χ3v) is 7.35. The van der Waals surface area contributed by atoms with Gasteiger partial charge in [-0.2, -0.15) is 0 Å². The number of methoxy groups -OCH3 is 1. The highest BCUT2D eigenvalue weighted by Crippen LogP contribution is 2.28. The molecule has 0 aromatic heterocycles. The molecule has 2 amide bonds. The molecule has 198 valence electrons. The van der Waals surface area contributed by atoms with Crippen molar-refractivity contribution in [2.45, 2.75) is 39.8 Å². The number of rotatable bonds is 12. The van der Waals surface area contributed by atoms with Crippen LogP contribution < -0.4 is 14.4 Å². The van der Waals surface area contributed by atoms with Crippen LogP contribution in [-0.4, -0.2) is 57.6 Å². The quantitative estimate of drug-likeness (QED) is 0.418. The van der Waals surface area contributed by atoms with Crippen LogP contribution in [0, 0.1) is 5.92 Å². The number of amides is 2. The molecule has 0 aliphatic heterocycles. The molecule has 1 atom stereocenters. The number of hydrogen-bond donors (Lipinski definition) is 1. The first-order valence-electron chi connectivity index (χ1n) is 11.5. The fourth-order valence-electron chi connectivity index (χ4n) is 3.56. The van der Waals surface area contributed by atoms with Crippen LogP contribution in [0.15, 0.2) is 42.5 Å². The maximum absolute atomic E-state index is 13.7. The predicted molar refractivity (Wildman–Crippen MR) is 144 cm³/mol. The van der Waals surface area contributed by atoms with Crippen molar-refractivity contribution in [3.05, 3.63) is 58.1 Å². The molecule has 0 heterocycles. The summed E-state index contributed by atoms with van der Waals surface area (Å²) in [7, 11) is -2.34. The zero-order valence-electron chi connectivity index (χ0n) is 21.1. The third kappa shape index (κ3) is 8.01. The summed E-state index contributed by atoms with van der Waals surface area (Å²) in [5, 5.41) is 3.55. The van der Waals surface area contributed by atoms with E-state index in [-0.39, 0.29) is 18.4 Å². The van der Waals surface area contributed by atoms with E-state index >= 15 is 0 Å². The lowest BCUT2D eigenvalue weighted by molar-refractivity contribution is -0.140. The molecule has 2 aromatic rings. The fourth-order valence-corrected chi connectivity index (χ4v) is 4.92. The maximum Gasteiger partial charge on any atom is 0.244 e. The Hall–Kier alpha value is -2.49. The fraction of sp³-hybridized carbons (Fsp3) is 0.440. The average Bonchev–Trinajstić information content (AvgIpc) is 2.82. The van der Waals surface area contributed by atoms with Crippen molar-refractivity contribution >= 4 is 50.7 Å². The largest absolute Gasteiger partial charge is 0.497 e. The Kier molecular flexibility index (Phi) is 10.9. The zero-order chi connectivity index (χ0) is 27.0. The van der Waals surface area contributed by atoms with Gasteiger partial charge in [0.15, 0.2) is 0 Å².